The number of hydrogen-bond donors (Lipinski definition) is 0. The monoisotopic (exact) mass is 365 g/mol. The highest BCUT2D eigenvalue weighted by Gasteiger charge is 2.30. The van der Waals surface area contributed by atoms with Gasteiger partial charge in [0.2, 0.25) is 5.88 Å². The van der Waals surface area contributed by atoms with Crippen LogP contribution in [-0.4, -0.2) is 4.98 Å². The molecule has 20 heavy (non-hydrogen) atoms. The molecule has 0 aliphatic rings. The standard InChI is InChI=1S/C13H8BrClF3NO/c14-10-3-8(6-15)4-11(5-10)20-12-2-1-9(7-19-12)13(16,17)18/h1-5,7H,6H2. The van der Waals surface area contributed by atoms with Gasteiger partial charge in [-0.05, 0) is 29.8 Å². The Morgan fingerprint density at radius 2 is 1.95 bits per heavy atom. The lowest BCUT2D eigenvalue weighted by Gasteiger charge is -2.09. The summed E-state index contributed by atoms with van der Waals surface area (Å²) in [6, 6.07) is 7.28. The van der Waals surface area contributed by atoms with E-state index in [4.69, 9.17) is 16.3 Å². The van der Waals surface area contributed by atoms with Crippen molar-refractivity contribution in [2.75, 3.05) is 0 Å². The first-order valence-electron chi connectivity index (χ1n) is 5.45. The van der Waals surface area contributed by atoms with Crippen LogP contribution in [0.2, 0.25) is 0 Å². The van der Waals surface area contributed by atoms with E-state index in [1.54, 1.807) is 12.1 Å². The normalized spacial score (nSPS) is 11.4. The Balaban J connectivity index is 2.20. The molecule has 0 fully saturated rings. The lowest BCUT2D eigenvalue weighted by Crippen LogP contribution is -2.05. The number of hydrogen-bond acceptors (Lipinski definition) is 2. The second-order valence-corrected chi connectivity index (χ2v) is 5.10. The van der Waals surface area contributed by atoms with Crippen molar-refractivity contribution < 1.29 is 17.9 Å². The van der Waals surface area contributed by atoms with Gasteiger partial charge in [0.1, 0.15) is 5.75 Å². The molecule has 1 aromatic heterocycles. The zero-order valence-corrected chi connectivity index (χ0v) is 12.3. The molecule has 0 amide bonds. The zero-order valence-electron chi connectivity index (χ0n) is 9.92. The fourth-order valence-electron chi connectivity index (χ4n) is 1.49. The van der Waals surface area contributed by atoms with E-state index in [1.165, 1.54) is 6.07 Å². The van der Waals surface area contributed by atoms with Crippen molar-refractivity contribution in [3.63, 3.8) is 0 Å². The molecule has 1 heterocycles. The average Bonchev–Trinajstić information content (AvgIpc) is 2.37. The summed E-state index contributed by atoms with van der Waals surface area (Å²) in [6.45, 7) is 0. The number of rotatable bonds is 3. The molecule has 2 aromatic rings. The van der Waals surface area contributed by atoms with E-state index in [-0.39, 0.29) is 5.88 Å². The average molecular weight is 367 g/mol. The molecule has 1 aromatic carbocycles. The van der Waals surface area contributed by atoms with Crippen molar-refractivity contribution in [1.29, 1.82) is 0 Å². The Morgan fingerprint density at radius 1 is 1.20 bits per heavy atom. The highest BCUT2D eigenvalue weighted by Crippen LogP contribution is 2.31. The minimum Gasteiger partial charge on any atom is -0.439 e. The van der Waals surface area contributed by atoms with Crippen molar-refractivity contribution in [2.45, 2.75) is 12.1 Å². The highest BCUT2D eigenvalue weighted by molar-refractivity contribution is 9.10. The fraction of sp³-hybridized carbons (Fsp3) is 0.154. The number of ether oxygens (including phenoxy) is 1. The van der Waals surface area contributed by atoms with Crippen LogP contribution in [-0.2, 0) is 12.1 Å². The summed E-state index contributed by atoms with van der Waals surface area (Å²) in [4.78, 5) is 3.64. The first-order valence-corrected chi connectivity index (χ1v) is 6.78. The van der Waals surface area contributed by atoms with E-state index in [0.717, 1.165) is 22.3 Å². The zero-order chi connectivity index (χ0) is 14.8. The third kappa shape index (κ3) is 3.86. The molecule has 106 valence electrons. The van der Waals surface area contributed by atoms with Crippen LogP contribution in [0.15, 0.2) is 41.0 Å². The molecule has 0 aliphatic heterocycles. The van der Waals surface area contributed by atoms with Crippen molar-refractivity contribution in [3.05, 3.63) is 52.1 Å². The van der Waals surface area contributed by atoms with Crippen molar-refractivity contribution >= 4 is 27.5 Å². The Bertz CT molecular complexity index is 602. The van der Waals surface area contributed by atoms with Crippen LogP contribution in [0.5, 0.6) is 11.6 Å². The number of aromatic nitrogens is 1. The van der Waals surface area contributed by atoms with Gasteiger partial charge in [-0.2, -0.15) is 13.2 Å². The molecule has 0 saturated heterocycles. The summed E-state index contributed by atoms with van der Waals surface area (Å²) in [6.07, 6.45) is -3.68. The van der Waals surface area contributed by atoms with Crippen LogP contribution in [0.3, 0.4) is 0 Å². The SMILES string of the molecule is FC(F)(F)c1ccc(Oc2cc(Br)cc(CCl)c2)nc1. The van der Waals surface area contributed by atoms with E-state index in [1.807, 2.05) is 6.07 Å². The lowest BCUT2D eigenvalue weighted by molar-refractivity contribution is -0.137. The van der Waals surface area contributed by atoms with E-state index < -0.39 is 11.7 Å². The van der Waals surface area contributed by atoms with Gasteiger partial charge in [0.25, 0.3) is 0 Å². The molecule has 0 atom stereocenters. The van der Waals surface area contributed by atoms with Gasteiger partial charge in [-0.3, -0.25) is 0 Å². The molecular weight excluding hydrogens is 359 g/mol. The largest absolute Gasteiger partial charge is 0.439 e. The second-order valence-electron chi connectivity index (χ2n) is 3.91. The van der Waals surface area contributed by atoms with Crippen molar-refractivity contribution in [1.82, 2.24) is 4.98 Å². The molecule has 0 aliphatic carbocycles. The maximum absolute atomic E-state index is 12.4. The minimum atomic E-state index is -4.41. The van der Waals surface area contributed by atoms with E-state index in [0.29, 0.717) is 11.6 Å². The van der Waals surface area contributed by atoms with Gasteiger partial charge in [-0.25, -0.2) is 4.98 Å². The third-order valence-corrected chi connectivity index (χ3v) is 3.14. The number of alkyl halides is 4. The number of pyridine rings is 1. The molecule has 0 unspecified atom stereocenters. The molecular formula is C13H8BrClF3NO. The second kappa shape index (κ2) is 6.01. The van der Waals surface area contributed by atoms with Gasteiger partial charge in [0.15, 0.2) is 0 Å². The molecule has 7 heteroatoms. The molecule has 0 N–H and O–H groups in total. The molecule has 0 spiro atoms. The topological polar surface area (TPSA) is 22.1 Å². The van der Waals surface area contributed by atoms with Gasteiger partial charge in [-0.1, -0.05) is 15.9 Å². The van der Waals surface area contributed by atoms with Crippen LogP contribution in [0.25, 0.3) is 0 Å². The van der Waals surface area contributed by atoms with Crippen molar-refractivity contribution in [2.24, 2.45) is 0 Å². The van der Waals surface area contributed by atoms with Gasteiger partial charge < -0.3 is 4.74 Å². The first kappa shape index (κ1) is 15.1. The third-order valence-electron chi connectivity index (χ3n) is 2.37. The van der Waals surface area contributed by atoms with Crippen molar-refractivity contribution in [3.8, 4) is 11.6 Å². The van der Waals surface area contributed by atoms with Crippen LogP contribution < -0.4 is 4.74 Å². The first-order chi connectivity index (χ1) is 9.38. The molecule has 0 saturated carbocycles. The highest BCUT2D eigenvalue weighted by atomic mass is 79.9. The summed E-state index contributed by atoms with van der Waals surface area (Å²) in [5, 5.41) is 0. The Kier molecular flexibility index (Phi) is 4.55. The quantitative estimate of drug-likeness (QED) is 0.679. The molecule has 2 nitrogen and oxygen atoms in total. The Morgan fingerprint density at radius 3 is 2.50 bits per heavy atom. The molecule has 0 bridgehead atoms. The van der Waals surface area contributed by atoms with E-state index >= 15 is 0 Å². The van der Waals surface area contributed by atoms with Crippen LogP contribution >= 0.6 is 27.5 Å². The van der Waals surface area contributed by atoms with Gasteiger partial charge in [0.05, 0.1) is 5.56 Å². The number of benzene rings is 1. The number of nitrogens with zero attached hydrogens (tertiary/aromatic N) is 1. The van der Waals surface area contributed by atoms with Crippen LogP contribution in [0.1, 0.15) is 11.1 Å². The maximum atomic E-state index is 12.4. The lowest BCUT2D eigenvalue weighted by atomic mass is 10.2. The summed E-state index contributed by atoms with van der Waals surface area (Å²) < 4.78 is 43.4. The van der Waals surface area contributed by atoms with Gasteiger partial charge in [0, 0.05) is 22.6 Å². The Labute approximate surface area is 126 Å². The summed E-state index contributed by atoms with van der Waals surface area (Å²) in [7, 11) is 0. The van der Waals surface area contributed by atoms with Crippen LogP contribution in [0.4, 0.5) is 13.2 Å². The molecule has 2 rings (SSSR count). The summed E-state index contributed by atoms with van der Waals surface area (Å²) in [5.74, 6) is 0.829. The van der Waals surface area contributed by atoms with E-state index in [9.17, 15) is 13.2 Å². The summed E-state index contributed by atoms with van der Waals surface area (Å²) >= 11 is 9.02. The van der Waals surface area contributed by atoms with E-state index in [2.05, 4.69) is 20.9 Å². The summed E-state index contributed by atoms with van der Waals surface area (Å²) in [5.41, 5.74) is 0.00323. The predicted molar refractivity (Wildman–Crippen MR) is 73.0 cm³/mol. The van der Waals surface area contributed by atoms with Gasteiger partial charge in [-0.15, -0.1) is 11.6 Å². The van der Waals surface area contributed by atoms with Gasteiger partial charge >= 0.3 is 6.18 Å². The Hall–Kier alpha value is -1.27. The number of halogens is 5. The predicted octanol–water partition coefficient (Wildman–Crippen LogP) is 5.39. The minimum absolute atomic E-state index is 0.0802. The smallest absolute Gasteiger partial charge is 0.417 e. The van der Waals surface area contributed by atoms with Crippen LogP contribution in [0, 0.1) is 0 Å². The fourth-order valence-corrected chi connectivity index (χ4v) is 2.16. The maximum Gasteiger partial charge on any atom is 0.417 e. The molecule has 0 radical (unpaired) electrons.